The maximum absolute atomic E-state index is 13.0. The van der Waals surface area contributed by atoms with Crippen molar-refractivity contribution in [3.63, 3.8) is 0 Å². The van der Waals surface area contributed by atoms with Crippen molar-refractivity contribution in [1.82, 2.24) is 9.38 Å². The smallest absolute Gasteiger partial charge is 0.335 e. The van der Waals surface area contributed by atoms with E-state index in [9.17, 15) is 9.59 Å². The molecule has 0 saturated heterocycles. The highest BCUT2D eigenvalue weighted by molar-refractivity contribution is 7.15. The average molecular weight is 458 g/mol. The van der Waals surface area contributed by atoms with Crippen molar-refractivity contribution in [2.75, 3.05) is 7.11 Å². The number of hydrogen-bond donors (Lipinski definition) is 1. The summed E-state index contributed by atoms with van der Waals surface area (Å²) in [5, 5.41) is 9.00. The van der Waals surface area contributed by atoms with Crippen LogP contribution in [0.25, 0.3) is 22.1 Å². The maximum atomic E-state index is 13.0. The van der Waals surface area contributed by atoms with E-state index in [0.29, 0.717) is 21.0 Å². The van der Waals surface area contributed by atoms with Crippen LogP contribution in [0, 0.1) is 0 Å². The first-order valence-electron chi connectivity index (χ1n) is 10.1. The van der Waals surface area contributed by atoms with E-state index in [1.807, 2.05) is 42.5 Å². The standard InChI is InChI=1S/C25H18N2O5S/c1-31-21-12-16(8-11-20(21)32-14-15-6-9-17(10-7-15)24(29)30)13-22-23(28)27-19-5-3-2-4-18(19)26-25(27)33-22/h2-13H,14H2,1H3,(H,29,30)/b22-13+. The van der Waals surface area contributed by atoms with Crippen LogP contribution in [0.2, 0.25) is 0 Å². The molecule has 3 aromatic carbocycles. The van der Waals surface area contributed by atoms with Crippen LogP contribution in [-0.4, -0.2) is 27.6 Å². The number of aromatic carboxylic acids is 1. The summed E-state index contributed by atoms with van der Waals surface area (Å²) in [6.07, 6.45) is 1.81. The van der Waals surface area contributed by atoms with Gasteiger partial charge in [0.2, 0.25) is 0 Å². The molecule has 164 valence electrons. The molecule has 5 rings (SSSR count). The fourth-order valence-corrected chi connectivity index (χ4v) is 4.55. The van der Waals surface area contributed by atoms with Crippen molar-refractivity contribution in [3.05, 3.63) is 98.3 Å². The summed E-state index contributed by atoms with van der Waals surface area (Å²) < 4.78 is 13.6. The number of fused-ring (bicyclic) bond motifs is 3. The second-order valence-electron chi connectivity index (χ2n) is 7.34. The predicted octanol–water partition coefficient (Wildman–Crippen LogP) is 3.74. The Morgan fingerprint density at radius 1 is 1.09 bits per heavy atom. The molecule has 2 heterocycles. The van der Waals surface area contributed by atoms with Crippen LogP contribution in [0.15, 0.2) is 71.5 Å². The van der Waals surface area contributed by atoms with Crippen LogP contribution < -0.4 is 19.6 Å². The summed E-state index contributed by atoms with van der Waals surface area (Å²) >= 11 is 1.34. The van der Waals surface area contributed by atoms with Gasteiger partial charge in [-0.2, -0.15) is 0 Å². The number of nitrogens with zero attached hydrogens (tertiary/aromatic N) is 2. The number of thiazole rings is 1. The molecule has 7 nitrogen and oxygen atoms in total. The normalized spacial score (nSPS) is 11.8. The van der Waals surface area contributed by atoms with Gasteiger partial charge in [-0.05, 0) is 53.6 Å². The first-order valence-corrected chi connectivity index (χ1v) is 10.9. The predicted molar refractivity (Wildman–Crippen MR) is 126 cm³/mol. The lowest BCUT2D eigenvalue weighted by Gasteiger charge is -2.11. The van der Waals surface area contributed by atoms with Gasteiger partial charge in [0.25, 0.3) is 5.56 Å². The highest BCUT2D eigenvalue weighted by atomic mass is 32.1. The molecule has 2 aromatic heterocycles. The fourth-order valence-electron chi connectivity index (χ4n) is 3.56. The van der Waals surface area contributed by atoms with E-state index in [-0.39, 0.29) is 17.7 Å². The van der Waals surface area contributed by atoms with Crippen molar-refractivity contribution >= 4 is 39.4 Å². The number of methoxy groups -OCH3 is 1. The summed E-state index contributed by atoms with van der Waals surface area (Å²) in [4.78, 5) is 29.1. The van der Waals surface area contributed by atoms with Gasteiger partial charge in [0.1, 0.15) is 6.61 Å². The van der Waals surface area contributed by atoms with Gasteiger partial charge in [0.15, 0.2) is 16.5 Å². The minimum atomic E-state index is -0.968. The van der Waals surface area contributed by atoms with Crippen molar-refractivity contribution < 1.29 is 19.4 Å². The molecule has 33 heavy (non-hydrogen) atoms. The van der Waals surface area contributed by atoms with Crippen molar-refractivity contribution in [2.45, 2.75) is 6.61 Å². The summed E-state index contributed by atoms with van der Waals surface area (Å²) in [7, 11) is 1.55. The lowest BCUT2D eigenvalue weighted by molar-refractivity contribution is 0.0697. The van der Waals surface area contributed by atoms with E-state index in [1.165, 1.54) is 23.5 Å². The largest absolute Gasteiger partial charge is 0.493 e. The van der Waals surface area contributed by atoms with Gasteiger partial charge in [0.05, 0.1) is 28.2 Å². The molecule has 0 aliphatic rings. The van der Waals surface area contributed by atoms with Crippen LogP contribution >= 0.6 is 11.3 Å². The summed E-state index contributed by atoms with van der Waals surface area (Å²) in [5.74, 6) is 0.112. The van der Waals surface area contributed by atoms with Crippen molar-refractivity contribution in [3.8, 4) is 11.5 Å². The monoisotopic (exact) mass is 458 g/mol. The Labute approximate surface area is 191 Å². The zero-order valence-corrected chi connectivity index (χ0v) is 18.3. The van der Waals surface area contributed by atoms with E-state index >= 15 is 0 Å². The molecule has 8 heteroatoms. The van der Waals surface area contributed by atoms with E-state index < -0.39 is 5.97 Å². The minimum absolute atomic E-state index is 0.104. The molecule has 0 bridgehead atoms. The first kappa shape index (κ1) is 20.7. The van der Waals surface area contributed by atoms with Crippen LogP contribution in [0.5, 0.6) is 11.5 Å². The molecule has 0 amide bonds. The number of rotatable bonds is 6. The number of aromatic nitrogens is 2. The molecule has 0 radical (unpaired) electrons. The summed E-state index contributed by atoms with van der Waals surface area (Å²) in [6, 6.07) is 19.5. The number of para-hydroxylation sites is 2. The number of ether oxygens (including phenoxy) is 2. The van der Waals surface area contributed by atoms with Crippen molar-refractivity contribution in [2.24, 2.45) is 0 Å². The number of carboxylic acid groups (broad SMARTS) is 1. The average Bonchev–Trinajstić information content (AvgIpc) is 3.34. The minimum Gasteiger partial charge on any atom is -0.493 e. The van der Waals surface area contributed by atoms with Crippen LogP contribution in [-0.2, 0) is 6.61 Å². The highest BCUT2D eigenvalue weighted by Crippen LogP contribution is 2.29. The zero-order chi connectivity index (χ0) is 22.9. The van der Waals surface area contributed by atoms with Gasteiger partial charge >= 0.3 is 5.97 Å². The van der Waals surface area contributed by atoms with E-state index in [1.54, 1.807) is 29.7 Å². The Bertz CT molecular complexity index is 1600. The second-order valence-corrected chi connectivity index (χ2v) is 8.34. The zero-order valence-electron chi connectivity index (χ0n) is 17.5. The number of hydrogen-bond acceptors (Lipinski definition) is 6. The lowest BCUT2D eigenvalue weighted by Crippen LogP contribution is -2.22. The van der Waals surface area contributed by atoms with Gasteiger partial charge in [-0.25, -0.2) is 14.2 Å². The Balaban J connectivity index is 1.42. The van der Waals surface area contributed by atoms with Gasteiger partial charge < -0.3 is 14.6 Å². The van der Waals surface area contributed by atoms with E-state index in [4.69, 9.17) is 14.6 Å². The van der Waals surface area contributed by atoms with Gasteiger partial charge in [-0.3, -0.25) is 4.79 Å². The molecule has 5 aromatic rings. The highest BCUT2D eigenvalue weighted by Gasteiger charge is 2.11. The number of carboxylic acids is 1. The SMILES string of the molecule is COc1cc(/C=c2/sc3nc4ccccc4n3c2=O)ccc1OCc1ccc(C(=O)O)cc1. The molecular weight excluding hydrogens is 440 g/mol. The number of benzene rings is 3. The summed E-state index contributed by atoms with van der Waals surface area (Å²) in [6.45, 7) is 0.263. The van der Waals surface area contributed by atoms with Gasteiger partial charge in [-0.15, -0.1) is 0 Å². The maximum Gasteiger partial charge on any atom is 0.335 e. The molecule has 0 saturated carbocycles. The van der Waals surface area contributed by atoms with Gasteiger partial charge in [0, 0.05) is 0 Å². The van der Waals surface area contributed by atoms with Crippen LogP contribution in [0.1, 0.15) is 21.5 Å². The van der Waals surface area contributed by atoms with E-state index in [0.717, 1.165) is 22.2 Å². The topological polar surface area (TPSA) is 90.1 Å². The number of imidazole rings is 1. The second kappa shape index (κ2) is 8.40. The molecular formula is C25H18N2O5S. The third-order valence-electron chi connectivity index (χ3n) is 5.23. The van der Waals surface area contributed by atoms with Gasteiger partial charge in [-0.1, -0.05) is 41.7 Å². The molecule has 0 aliphatic heterocycles. The molecule has 0 aliphatic carbocycles. The van der Waals surface area contributed by atoms with Crippen molar-refractivity contribution in [1.29, 1.82) is 0 Å². The molecule has 1 N–H and O–H groups in total. The summed E-state index contributed by atoms with van der Waals surface area (Å²) in [5.41, 5.74) is 3.36. The lowest BCUT2D eigenvalue weighted by atomic mass is 10.1. The van der Waals surface area contributed by atoms with E-state index in [2.05, 4.69) is 4.98 Å². The molecule has 0 atom stereocenters. The van der Waals surface area contributed by atoms with Crippen LogP contribution in [0.3, 0.4) is 0 Å². The quantitative estimate of drug-likeness (QED) is 0.417. The third-order valence-corrected chi connectivity index (χ3v) is 6.19. The fraction of sp³-hybridized carbons (Fsp3) is 0.0800. The number of carbonyl (C=O) groups is 1. The molecule has 0 unspecified atom stereocenters. The third kappa shape index (κ3) is 3.92. The Morgan fingerprint density at radius 2 is 1.88 bits per heavy atom. The Morgan fingerprint density at radius 3 is 2.64 bits per heavy atom. The van der Waals surface area contributed by atoms with Crippen LogP contribution in [0.4, 0.5) is 0 Å². The first-order chi connectivity index (χ1) is 16.0. The Kier molecular flexibility index (Phi) is 5.27. The molecule has 0 fully saturated rings. The molecule has 0 spiro atoms. The Hall–Kier alpha value is -4.17.